The molecule has 0 aliphatic rings. The molecule has 0 aromatic carbocycles. The molecular formula is C10H11N3O4S2. The summed E-state index contributed by atoms with van der Waals surface area (Å²) in [7, 11) is -2.28. The summed E-state index contributed by atoms with van der Waals surface area (Å²) < 4.78 is 25.5. The molecule has 2 heterocycles. The first-order chi connectivity index (χ1) is 8.91. The van der Waals surface area contributed by atoms with Crippen LogP contribution in [0.2, 0.25) is 0 Å². The zero-order valence-corrected chi connectivity index (χ0v) is 11.5. The monoisotopic (exact) mass is 301 g/mol. The van der Waals surface area contributed by atoms with Crippen molar-refractivity contribution in [3.05, 3.63) is 35.2 Å². The van der Waals surface area contributed by atoms with Crippen molar-refractivity contribution in [1.29, 1.82) is 0 Å². The molecule has 0 spiro atoms. The highest BCUT2D eigenvalue weighted by Crippen LogP contribution is 2.24. The Balaban J connectivity index is 2.23. The van der Waals surface area contributed by atoms with Crippen LogP contribution in [0.5, 0.6) is 0 Å². The van der Waals surface area contributed by atoms with E-state index < -0.39 is 16.0 Å². The van der Waals surface area contributed by atoms with Crippen molar-refractivity contribution in [1.82, 2.24) is 14.3 Å². The number of nitrogens with zero attached hydrogens (tertiary/aromatic N) is 2. The molecule has 0 fully saturated rings. The Kier molecular flexibility index (Phi) is 3.69. The van der Waals surface area contributed by atoms with Crippen molar-refractivity contribution in [2.75, 3.05) is 7.05 Å². The molecule has 0 amide bonds. The van der Waals surface area contributed by atoms with E-state index in [0.29, 0.717) is 5.82 Å². The van der Waals surface area contributed by atoms with Gasteiger partial charge in [-0.1, -0.05) is 0 Å². The third-order valence-corrected chi connectivity index (χ3v) is 5.73. The SMILES string of the molecule is CN(Cc1ncc[nH]1)S(=O)(=O)c1ccc(C(=O)O)s1. The highest BCUT2D eigenvalue weighted by atomic mass is 32.2. The number of imidazole rings is 1. The van der Waals surface area contributed by atoms with Gasteiger partial charge in [-0.2, -0.15) is 4.31 Å². The zero-order chi connectivity index (χ0) is 14.0. The van der Waals surface area contributed by atoms with E-state index in [9.17, 15) is 13.2 Å². The van der Waals surface area contributed by atoms with Crippen molar-refractivity contribution in [2.24, 2.45) is 0 Å². The van der Waals surface area contributed by atoms with Crippen molar-refractivity contribution >= 4 is 27.3 Å². The van der Waals surface area contributed by atoms with Crippen LogP contribution in [0.15, 0.2) is 28.7 Å². The van der Waals surface area contributed by atoms with E-state index in [-0.39, 0.29) is 15.6 Å². The molecular weight excluding hydrogens is 290 g/mol. The van der Waals surface area contributed by atoms with E-state index in [1.165, 1.54) is 25.4 Å². The summed E-state index contributed by atoms with van der Waals surface area (Å²) in [6.45, 7) is 0.0929. The number of thiophene rings is 1. The highest BCUT2D eigenvalue weighted by Gasteiger charge is 2.24. The quantitative estimate of drug-likeness (QED) is 0.857. The van der Waals surface area contributed by atoms with Crippen LogP contribution in [0.25, 0.3) is 0 Å². The first-order valence-electron chi connectivity index (χ1n) is 5.19. The number of sulfonamides is 1. The molecule has 2 rings (SSSR count). The fourth-order valence-corrected chi connectivity index (χ4v) is 3.90. The molecule has 2 aromatic rings. The van der Waals surface area contributed by atoms with Crippen LogP contribution in [0.3, 0.4) is 0 Å². The lowest BCUT2D eigenvalue weighted by Gasteiger charge is -2.14. The van der Waals surface area contributed by atoms with E-state index in [0.717, 1.165) is 15.6 Å². The maximum Gasteiger partial charge on any atom is 0.345 e. The first-order valence-corrected chi connectivity index (χ1v) is 7.44. The summed E-state index contributed by atoms with van der Waals surface area (Å²) in [6, 6.07) is 2.57. The second-order valence-electron chi connectivity index (χ2n) is 3.72. The minimum atomic E-state index is -3.70. The lowest BCUT2D eigenvalue weighted by molar-refractivity contribution is 0.0702. The number of aromatic carboxylic acids is 1. The smallest absolute Gasteiger partial charge is 0.345 e. The number of aromatic nitrogens is 2. The molecule has 0 saturated carbocycles. The Morgan fingerprint density at radius 3 is 2.79 bits per heavy atom. The molecule has 7 nitrogen and oxygen atoms in total. The number of rotatable bonds is 5. The molecule has 0 aliphatic carbocycles. The third-order valence-electron chi connectivity index (χ3n) is 2.38. The molecule has 19 heavy (non-hydrogen) atoms. The number of carboxylic acid groups (broad SMARTS) is 1. The predicted octanol–water partition coefficient (Wildman–Crippen LogP) is 0.990. The largest absolute Gasteiger partial charge is 0.477 e. The molecule has 2 aromatic heterocycles. The van der Waals surface area contributed by atoms with Crippen molar-refractivity contribution in [2.45, 2.75) is 10.8 Å². The van der Waals surface area contributed by atoms with Gasteiger partial charge < -0.3 is 10.1 Å². The Bertz CT molecular complexity index is 675. The van der Waals surface area contributed by atoms with Gasteiger partial charge in [0.1, 0.15) is 14.9 Å². The number of carboxylic acids is 1. The Labute approximate surface area is 113 Å². The molecule has 0 bridgehead atoms. The van der Waals surface area contributed by atoms with Gasteiger partial charge in [0.25, 0.3) is 10.0 Å². The van der Waals surface area contributed by atoms with Crippen molar-refractivity contribution < 1.29 is 18.3 Å². The van der Waals surface area contributed by atoms with Gasteiger partial charge >= 0.3 is 5.97 Å². The Morgan fingerprint density at radius 2 is 2.26 bits per heavy atom. The van der Waals surface area contributed by atoms with Crippen LogP contribution in [0, 0.1) is 0 Å². The fourth-order valence-electron chi connectivity index (χ4n) is 1.41. The average molecular weight is 301 g/mol. The number of nitrogens with one attached hydrogen (secondary N) is 1. The maximum absolute atomic E-state index is 12.2. The van der Waals surface area contributed by atoms with Gasteiger partial charge in [-0.05, 0) is 12.1 Å². The maximum atomic E-state index is 12.2. The highest BCUT2D eigenvalue weighted by molar-refractivity contribution is 7.91. The number of H-pyrrole nitrogens is 1. The summed E-state index contributed by atoms with van der Waals surface area (Å²) in [6.07, 6.45) is 3.13. The second-order valence-corrected chi connectivity index (χ2v) is 7.08. The molecule has 0 atom stereocenters. The first kappa shape index (κ1) is 13.7. The molecule has 0 aliphatic heterocycles. The lowest BCUT2D eigenvalue weighted by atomic mass is 10.5. The number of hydrogen-bond acceptors (Lipinski definition) is 5. The summed E-state index contributed by atoms with van der Waals surface area (Å²) in [5.74, 6) is -0.624. The predicted molar refractivity (Wildman–Crippen MR) is 68.5 cm³/mol. The summed E-state index contributed by atoms with van der Waals surface area (Å²) in [4.78, 5) is 17.5. The van der Waals surface area contributed by atoms with Gasteiger partial charge in [0.2, 0.25) is 0 Å². The third kappa shape index (κ3) is 2.83. The minimum Gasteiger partial charge on any atom is -0.477 e. The number of aromatic amines is 1. The van der Waals surface area contributed by atoms with Crippen LogP contribution < -0.4 is 0 Å². The van der Waals surface area contributed by atoms with Crippen molar-refractivity contribution in [3.63, 3.8) is 0 Å². The molecule has 0 radical (unpaired) electrons. The van der Waals surface area contributed by atoms with Gasteiger partial charge in [0, 0.05) is 19.4 Å². The van der Waals surface area contributed by atoms with Crippen LogP contribution in [-0.4, -0.2) is 40.8 Å². The zero-order valence-electron chi connectivity index (χ0n) is 9.90. The normalized spacial score (nSPS) is 11.9. The number of hydrogen-bond donors (Lipinski definition) is 2. The second kappa shape index (κ2) is 5.11. The standard InChI is InChI=1S/C10H11N3O4S2/c1-13(6-8-11-4-5-12-8)19(16,17)9-3-2-7(18-9)10(14)15/h2-5H,6H2,1H3,(H,11,12)(H,14,15). The van der Waals surface area contributed by atoms with Crippen LogP contribution >= 0.6 is 11.3 Å². The van der Waals surface area contributed by atoms with E-state index in [1.54, 1.807) is 6.20 Å². The minimum absolute atomic E-state index is 0.000967. The molecule has 9 heteroatoms. The lowest BCUT2D eigenvalue weighted by Crippen LogP contribution is -2.26. The summed E-state index contributed by atoms with van der Waals surface area (Å²) >= 11 is 0.729. The summed E-state index contributed by atoms with van der Waals surface area (Å²) in [5.41, 5.74) is 0. The van der Waals surface area contributed by atoms with Gasteiger partial charge in [-0.25, -0.2) is 18.2 Å². The molecule has 0 saturated heterocycles. The van der Waals surface area contributed by atoms with E-state index >= 15 is 0 Å². The summed E-state index contributed by atoms with van der Waals surface area (Å²) in [5, 5.41) is 8.80. The van der Waals surface area contributed by atoms with Crippen LogP contribution in [-0.2, 0) is 16.6 Å². The van der Waals surface area contributed by atoms with Gasteiger partial charge in [0.15, 0.2) is 0 Å². The van der Waals surface area contributed by atoms with Gasteiger partial charge in [-0.3, -0.25) is 0 Å². The van der Waals surface area contributed by atoms with Gasteiger partial charge in [-0.15, -0.1) is 11.3 Å². The van der Waals surface area contributed by atoms with Gasteiger partial charge in [0.05, 0.1) is 6.54 Å². The van der Waals surface area contributed by atoms with Crippen molar-refractivity contribution in [3.8, 4) is 0 Å². The van der Waals surface area contributed by atoms with Crippen LogP contribution in [0.4, 0.5) is 0 Å². The van der Waals surface area contributed by atoms with Crippen LogP contribution in [0.1, 0.15) is 15.5 Å². The topological polar surface area (TPSA) is 103 Å². The molecule has 2 N–H and O–H groups in total. The molecule has 102 valence electrons. The van der Waals surface area contributed by atoms with E-state index in [4.69, 9.17) is 5.11 Å². The Hall–Kier alpha value is -1.71. The van der Waals surface area contributed by atoms with E-state index in [1.807, 2.05) is 0 Å². The number of carbonyl (C=O) groups is 1. The Morgan fingerprint density at radius 1 is 1.53 bits per heavy atom. The average Bonchev–Trinajstić information content (AvgIpc) is 2.99. The fraction of sp³-hybridized carbons (Fsp3) is 0.200. The molecule has 0 unspecified atom stereocenters. The van der Waals surface area contributed by atoms with E-state index in [2.05, 4.69) is 9.97 Å².